The molecule has 1 aromatic carbocycles. The van der Waals surface area contributed by atoms with Gasteiger partial charge in [0.1, 0.15) is 5.56 Å². The molecule has 4 rings (SSSR count). The Morgan fingerprint density at radius 3 is 2.28 bits per heavy atom. The van der Waals surface area contributed by atoms with Crippen molar-refractivity contribution >= 4 is 11.8 Å². The number of ether oxygens (including phenoxy) is 2. The van der Waals surface area contributed by atoms with Crippen molar-refractivity contribution in [3.63, 3.8) is 0 Å². The van der Waals surface area contributed by atoms with Gasteiger partial charge in [0, 0.05) is 43.7 Å². The number of nitrogens with zero attached hydrogens (tertiary/aromatic N) is 3. The monoisotopic (exact) mass is 433 g/mol. The van der Waals surface area contributed by atoms with E-state index in [1.165, 1.54) is 14.2 Å². The van der Waals surface area contributed by atoms with Gasteiger partial charge < -0.3 is 19.3 Å². The molecular weight excluding hydrogens is 406 g/mol. The largest absolute Gasteiger partial charge is 0.481 e. The van der Waals surface area contributed by atoms with E-state index in [9.17, 15) is 9.59 Å². The molecular formula is C25H27N3O4. The first-order valence-electron chi connectivity index (χ1n) is 10.8. The molecule has 2 aliphatic rings. The van der Waals surface area contributed by atoms with Gasteiger partial charge in [0.05, 0.1) is 14.2 Å². The molecule has 32 heavy (non-hydrogen) atoms. The fraction of sp³-hybridized carbons (Fsp3) is 0.400. The maximum absolute atomic E-state index is 13.1. The van der Waals surface area contributed by atoms with E-state index in [1.54, 1.807) is 12.1 Å². The molecule has 7 nitrogen and oxygen atoms in total. The summed E-state index contributed by atoms with van der Waals surface area (Å²) in [6.45, 7) is 2.70. The predicted molar refractivity (Wildman–Crippen MR) is 119 cm³/mol. The first-order chi connectivity index (χ1) is 15.5. The third-order valence-corrected chi connectivity index (χ3v) is 6.39. The second kappa shape index (κ2) is 9.31. The first kappa shape index (κ1) is 21.7. The Bertz CT molecular complexity index is 1050. The summed E-state index contributed by atoms with van der Waals surface area (Å²) in [5.41, 5.74) is 1.32. The molecule has 2 fully saturated rings. The molecule has 1 aromatic heterocycles. The molecule has 3 heterocycles. The van der Waals surface area contributed by atoms with Crippen molar-refractivity contribution in [2.45, 2.75) is 19.3 Å². The van der Waals surface area contributed by atoms with E-state index in [4.69, 9.17) is 9.47 Å². The second-order valence-corrected chi connectivity index (χ2v) is 8.30. The summed E-state index contributed by atoms with van der Waals surface area (Å²) >= 11 is 0. The van der Waals surface area contributed by atoms with E-state index in [-0.39, 0.29) is 23.1 Å². The van der Waals surface area contributed by atoms with Crippen LogP contribution < -0.4 is 9.47 Å². The van der Waals surface area contributed by atoms with Crippen LogP contribution in [-0.4, -0.2) is 67.0 Å². The molecule has 0 atom stereocenters. The van der Waals surface area contributed by atoms with E-state index in [2.05, 4.69) is 16.8 Å². The Hall–Kier alpha value is -3.53. The zero-order chi connectivity index (χ0) is 22.6. The molecule has 2 aromatic rings. The predicted octanol–water partition coefficient (Wildman–Crippen LogP) is 2.61. The fourth-order valence-corrected chi connectivity index (χ4v) is 4.45. The lowest BCUT2D eigenvalue weighted by Gasteiger charge is -2.38. The summed E-state index contributed by atoms with van der Waals surface area (Å²) in [6, 6.07) is 12.9. The van der Waals surface area contributed by atoms with Gasteiger partial charge in [0.15, 0.2) is 0 Å². The fourth-order valence-electron chi connectivity index (χ4n) is 4.45. The van der Waals surface area contributed by atoms with Crippen molar-refractivity contribution < 1.29 is 19.1 Å². The number of aromatic nitrogens is 1. The highest BCUT2D eigenvalue weighted by Crippen LogP contribution is 2.41. The lowest BCUT2D eigenvalue weighted by Crippen LogP contribution is -2.44. The number of hydrogen-bond acceptors (Lipinski definition) is 5. The number of benzene rings is 1. The van der Waals surface area contributed by atoms with Crippen molar-refractivity contribution in [2.75, 3.05) is 40.4 Å². The van der Waals surface area contributed by atoms with Crippen LogP contribution in [0.15, 0.2) is 42.5 Å². The minimum absolute atomic E-state index is 0.0480. The Balaban J connectivity index is 1.36. The van der Waals surface area contributed by atoms with Crippen LogP contribution in [0.25, 0.3) is 0 Å². The molecule has 0 aliphatic carbocycles. The van der Waals surface area contributed by atoms with Gasteiger partial charge in [-0.3, -0.25) is 9.59 Å². The van der Waals surface area contributed by atoms with Crippen LogP contribution >= 0.6 is 0 Å². The maximum Gasteiger partial charge on any atom is 0.298 e. The lowest BCUT2D eigenvalue weighted by molar-refractivity contribution is -0.127. The van der Waals surface area contributed by atoms with Crippen LogP contribution in [0.2, 0.25) is 0 Å². The molecule has 2 amide bonds. The van der Waals surface area contributed by atoms with Crippen LogP contribution in [0, 0.1) is 17.3 Å². The molecule has 2 aliphatic heterocycles. The van der Waals surface area contributed by atoms with Gasteiger partial charge >= 0.3 is 0 Å². The highest BCUT2D eigenvalue weighted by atomic mass is 16.5. The number of likely N-dealkylation sites (tertiary alicyclic amines) is 2. The Morgan fingerprint density at radius 2 is 1.62 bits per heavy atom. The first-order valence-corrected chi connectivity index (χ1v) is 10.8. The Morgan fingerprint density at radius 1 is 0.938 bits per heavy atom. The van der Waals surface area contributed by atoms with Crippen molar-refractivity contribution in [1.29, 1.82) is 0 Å². The summed E-state index contributed by atoms with van der Waals surface area (Å²) in [5.74, 6) is 6.16. The molecule has 0 unspecified atom stereocenters. The normalized spacial score (nSPS) is 16.9. The minimum Gasteiger partial charge on any atom is -0.481 e. The van der Waals surface area contributed by atoms with Gasteiger partial charge in [0.25, 0.3) is 11.8 Å². The summed E-state index contributed by atoms with van der Waals surface area (Å²) in [6.07, 6.45) is 2.67. The minimum atomic E-state index is -0.135. The smallest absolute Gasteiger partial charge is 0.298 e. The van der Waals surface area contributed by atoms with Gasteiger partial charge in [-0.1, -0.05) is 24.1 Å². The van der Waals surface area contributed by atoms with Crippen LogP contribution in [0.1, 0.15) is 35.2 Å². The molecule has 166 valence electrons. The molecule has 2 saturated heterocycles. The average Bonchev–Trinajstić information content (AvgIpc) is 3.26. The number of rotatable bonds is 3. The van der Waals surface area contributed by atoms with Crippen molar-refractivity contribution in [3.8, 4) is 23.6 Å². The molecule has 0 saturated carbocycles. The standard InChI is InChI=1S/C25H27N3O4/c1-31-21-10-9-20(23(26-21)32-2)24(30)28-17-14-25(18-28)12-15-27(16-13-25)22(29)11-8-19-6-4-3-5-7-19/h3-7,9-10H,12-18H2,1-2H3. The number of hydrogen-bond donors (Lipinski definition) is 0. The Kier molecular flexibility index (Phi) is 6.31. The highest BCUT2D eigenvalue weighted by molar-refractivity contribution is 5.96. The number of carbonyl (C=O) groups is 2. The van der Waals surface area contributed by atoms with Gasteiger partial charge in [-0.05, 0) is 42.9 Å². The van der Waals surface area contributed by atoms with Crippen LogP contribution in [0.4, 0.5) is 0 Å². The quantitative estimate of drug-likeness (QED) is 0.696. The van der Waals surface area contributed by atoms with E-state index < -0.39 is 0 Å². The number of methoxy groups -OCH3 is 2. The topological polar surface area (TPSA) is 72.0 Å². The number of pyridine rings is 1. The third kappa shape index (κ3) is 4.54. The molecule has 0 radical (unpaired) electrons. The van der Waals surface area contributed by atoms with Crippen molar-refractivity contribution in [1.82, 2.24) is 14.8 Å². The molecule has 1 spiro atoms. The number of carbonyl (C=O) groups excluding carboxylic acids is 2. The molecule has 7 heteroatoms. The Labute approximate surface area is 188 Å². The van der Waals surface area contributed by atoms with E-state index in [1.807, 2.05) is 40.1 Å². The van der Waals surface area contributed by atoms with Crippen molar-refractivity contribution in [3.05, 3.63) is 53.6 Å². The van der Waals surface area contributed by atoms with E-state index in [0.29, 0.717) is 37.6 Å². The van der Waals surface area contributed by atoms with Gasteiger partial charge in [0.2, 0.25) is 11.8 Å². The number of amides is 2. The van der Waals surface area contributed by atoms with E-state index in [0.717, 1.165) is 24.8 Å². The third-order valence-electron chi connectivity index (χ3n) is 6.39. The van der Waals surface area contributed by atoms with Crippen LogP contribution in [-0.2, 0) is 4.79 Å². The zero-order valence-corrected chi connectivity index (χ0v) is 18.5. The summed E-state index contributed by atoms with van der Waals surface area (Å²) in [7, 11) is 3.02. The number of piperidine rings is 1. The van der Waals surface area contributed by atoms with Gasteiger partial charge in [-0.2, -0.15) is 4.98 Å². The van der Waals surface area contributed by atoms with Crippen LogP contribution in [0.3, 0.4) is 0 Å². The SMILES string of the molecule is COc1ccc(C(=O)N2CCC3(CCN(C(=O)C#Cc4ccccc4)CC3)C2)c(OC)n1. The summed E-state index contributed by atoms with van der Waals surface area (Å²) in [4.78, 5) is 33.6. The zero-order valence-electron chi connectivity index (χ0n) is 18.5. The molecule has 0 bridgehead atoms. The molecule has 0 N–H and O–H groups in total. The lowest BCUT2D eigenvalue weighted by atomic mass is 9.78. The maximum atomic E-state index is 13.1. The van der Waals surface area contributed by atoms with E-state index >= 15 is 0 Å². The van der Waals surface area contributed by atoms with Gasteiger partial charge in [-0.15, -0.1) is 0 Å². The highest BCUT2D eigenvalue weighted by Gasteiger charge is 2.43. The summed E-state index contributed by atoms with van der Waals surface area (Å²) in [5, 5.41) is 0. The summed E-state index contributed by atoms with van der Waals surface area (Å²) < 4.78 is 10.4. The van der Waals surface area contributed by atoms with Crippen LogP contribution in [0.5, 0.6) is 11.8 Å². The van der Waals surface area contributed by atoms with Crippen molar-refractivity contribution in [2.24, 2.45) is 5.41 Å². The second-order valence-electron chi connectivity index (χ2n) is 8.30. The average molecular weight is 434 g/mol. The van der Waals surface area contributed by atoms with Gasteiger partial charge in [-0.25, -0.2) is 0 Å².